The summed E-state index contributed by atoms with van der Waals surface area (Å²) in [6.07, 6.45) is 2.26. The fourth-order valence-corrected chi connectivity index (χ4v) is 1.99. The van der Waals surface area contributed by atoms with Crippen molar-refractivity contribution in [2.75, 3.05) is 0 Å². The average molecular weight is 170 g/mol. The molecular weight excluding hydrogens is 156 g/mol. The largest absolute Gasteiger partial charge is 0.0955 e. The lowest BCUT2D eigenvalue weighted by Gasteiger charge is -2.08. The maximum absolute atomic E-state index is 4.10. The normalized spacial score (nSPS) is 14.4. The summed E-state index contributed by atoms with van der Waals surface area (Å²) in [6.45, 7) is 10.2. The Hall–Kier alpha value is -1.30. The molecular formula is C13H14. The van der Waals surface area contributed by atoms with Crippen LogP contribution in [0.25, 0.3) is 11.1 Å². The maximum Gasteiger partial charge on any atom is -0.0123 e. The van der Waals surface area contributed by atoms with Gasteiger partial charge in [-0.2, -0.15) is 0 Å². The van der Waals surface area contributed by atoms with Gasteiger partial charge >= 0.3 is 0 Å². The van der Waals surface area contributed by atoms with E-state index < -0.39 is 0 Å². The molecule has 0 saturated carbocycles. The Morgan fingerprint density at radius 3 is 2.77 bits per heavy atom. The van der Waals surface area contributed by atoms with Gasteiger partial charge in [-0.25, -0.2) is 0 Å². The van der Waals surface area contributed by atoms with Gasteiger partial charge in [-0.15, -0.1) is 0 Å². The quantitative estimate of drug-likeness (QED) is 0.603. The summed E-state index contributed by atoms with van der Waals surface area (Å²) in [7, 11) is 0. The number of aryl methyl sites for hydroxylation is 1. The van der Waals surface area contributed by atoms with Crippen molar-refractivity contribution in [3.8, 4) is 0 Å². The summed E-state index contributed by atoms with van der Waals surface area (Å²) in [6, 6.07) is 6.44. The van der Waals surface area contributed by atoms with E-state index in [0.29, 0.717) is 0 Å². The highest BCUT2D eigenvalue weighted by molar-refractivity contribution is 5.81. The SMILES string of the molecule is C=C(C)c1cccc2c1C(=C)CC2. The minimum absolute atomic E-state index is 1.11. The summed E-state index contributed by atoms with van der Waals surface area (Å²) in [4.78, 5) is 0. The molecule has 0 aliphatic heterocycles. The average Bonchev–Trinajstić information content (AvgIpc) is 2.48. The zero-order chi connectivity index (χ0) is 9.42. The third kappa shape index (κ3) is 1.23. The van der Waals surface area contributed by atoms with Crippen LogP contribution in [-0.4, -0.2) is 0 Å². The Labute approximate surface area is 79.6 Å². The molecule has 1 aromatic rings. The number of hydrogen-bond donors (Lipinski definition) is 0. The van der Waals surface area contributed by atoms with Crippen molar-refractivity contribution in [2.45, 2.75) is 19.8 Å². The first-order valence-electron chi connectivity index (χ1n) is 4.66. The zero-order valence-corrected chi connectivity index (χ0v) is 8.06. The standard InChI is InChI=1S/C13H14/c1-9(2)12-6-4-5-11-8-7-10(3)13(11)12/h4-6H,1,3,7-8H2,2H3. The van der Waals surface area contributed by atoms with Gasteiger partial charge in [-0.05, 0) is 42.0 Å². The number of fused-ring (bicyclic) bond motifs is 1. The minimum Gasteiger partial charge on any atom is -0.0955 e. The van der Waals surface area contributed by atoms with Crippen molar-refractivity contribution in [1.29, 1.82) is 0 Å². The van der Waals surface area contributed by atoms with Gasteiger partial charge in [0.25, 0.3) is 0 Å². The minimum atomic E-state index is 1.11. The molecule has 1 aromatic carbocycles. The smallest absolute Gasteiger partial charge is 0.0123 e. The molecule has 1 aliphatic carbocycles. The van der Waals surface area contributed by atoms with E-state index in [1.807, 2.05) is 0 Å². The van der Waals surface area contributed by atoms with E-state index in [0.717, 1.165) is 18.4 Å². The first kappa shape index (κ1) is 8.31. The van der Waals surface area contributed by atoms with Crippen LogP contribution in [0, 0.1) is 0 Å². The Balaban J connectivity index is 2.66. The molecule has 0 atom stereocenters. The van der Waals surface area contributed by atoms with E-state index in [2.05, 4.69) is 38.3 Å². The van der Waals surface area contributed by atoms with Crippen LogP contribution < -0.4 is 0 Å². The molecule has 1 aliphatic rings. The lowest BCUT2D eigenvalue weighted by molar-refractivity contribution is 1.08. The van der Waals surface area contributed by atoms with Crippen LogP contribution in [-0.2, 0) is 6.42 Å². The lowest BCUT2D eigenvalue weighted by Crippen LogP contribution is -1.88. The van der Waals surface area contributed by atoms with E-state index in [-0.39, 0.29) is 0 Å². The third-order valence-corrected chi connectivity index (χ3v) is 2.66. The van der Waals surface area contributed by atoms with E-state index in [9.17, 15) is 0 Å². The topological polar surface area (TPSA) is 0 Å². The molecule has 0 spiro atoms. The summed E-state index contributed by atoms with van der Waals surface area (Å²) >= 11 is 0. The zero-order valence-electron chi connectivity index (χ0n) is 8.06. The van der Waals surface area contributed by atoms with Gasteiger partial charge in [0.2, 0.25) is 0 Å². The van der Waals surface area contributed by atoms with Crippen LogP contribution in [0.2, 0.25) is 0 Å². The van der Waals surface area contributed by atoms with Crippen molar-refractivity contribution in [2.24, 2.45) is 0 Å². The number of allylic oxidation sites excluding steroid dienone is 2. The summed E-state index contributed by atoms with van der Waals surface area (Å²) in [5.41, 5.74) is 6.48. The second kappa shape index (κ2) is 2.88. The van der Waals surface area contributed by atoms with E-state index in [1.165, 1.54) is 22.3 Å². The molecule has 0 saturated heterocycles. The second-order valence-electron chi connectivity index (χ2n) is 3.72. The highest BCUT2D eigenvalue weighted by atomic mass is 14.2. The van der Waals surface area contributed by atoms with E-state index in [4.69, 9.17) is 0 Å². The Morgan fingerprint density at radius 1 is 1.31 bits per heavy atom. The van der Waals surface area contributed by atoms with Crippen LogP contribution in [0.1, 0.15) is 30.0 Å². The first-order valence-corrected chi connectivity index (χ1v) is 4.66. The predicted octanol–water partition coefficient (Wildman–Crippen LogP) is 3.68. The number of benzene rings is 1. The Bertz CT molecular complexity index is 383. The molecule has 0 fully saturated rings. The molecule has 0 nitrogen and oxygen atoms in total. The van der Waals surface area contributed by atoms with Gasteiger partial charge in [0, 0.05) is 0 Å². The summed E-state index contributed by atoms with van der Waals surface area (Å²) in [5.74, 6) is 0. The summed E-state index contributed by atoms with van der Waals surface area (Å²) < 4.78 is 0. The monoisotopic (exact) mass is 170 g/mol. The fraction of sp³-hybridized carbons (Fsp3) is 0.231. The van der Waals surface area contributed by atoms with E-state index in [1.54, 1.807) is 0 Å². The van der Waals surface area contributed by atoms with E-state index >= 15 is 0 Å². The molecule has 0 N–H and O–H groups in total. The number of rotatable bonds is 1. The highest BCUT2D eigenvalue weighted by Crippen LogP contribution is 2.35. The predicted molar refractivity (Wildman–Crippen MR) is 58.5 cm³/mol. The van der Waals surface area contributed by atoms with Gasteiger partial charge in [-0.3, -0.25) is 0 Å². The molecule has 0 amide bonds. The Morgan fingerprint density at radius 2 is 2.08 bits per heavy atom. The molecule has 0 radical (unpaired) electrons. The molecule has 0 heteroatoms. The molecule has 0 heterocycles. The lowest BCUT2D eigenvalue weighted by atomic mass is 9.97. The van der Waals surface area contributed by atoms with Gasteiger partial charge in [0.05, 0.1) is 0 Å². The highest BCUT2D eigenvalue weighted by Gasteiger charge is 2.17. The van der Waals surface area contributed by atoms with Crippen molar-refractivity contribution >= 4 is 11.1 Å². The van der Waals surface area contributed by atoms with Crippen molar-refractivity contribution in [3.05, 3.63) is 48.0 Å². The first-order chi connectivity index (χ1) is 6.20. The summed E-state index contributed by atoms with van der Waals surface area (Å²) in [5, 5.41) is 0. The molecule has 2 rings (SSSR count). The third-order valence-electron chi connectivity index (χ3n) is 2.66. The van der Waals surface area contributed by atoms with Crippen LogP contribution in [0.15, 0.2) is 31.4 Å². The Kier molecular flexibility index (Phi) is 1.84. The van der Waals surface area contributed by atoms with Gasteiger partial charge in [0.1, 0.15) is 0 Å². The molecule has 0 bridgehead atoms. The van der Waals surface area contributed by atoms with Crippen LogP contribution in [0.3, 0.4) is 0 Å². The maximum atomic E-state index is 4.10. The van der Waals surface area contributed by atoms with Gasteiger partial charge in [0.15, 0.2) is 0 Å². The van der Waals surface area contributed by atoms with Crippen LogP contribution in [0.4, 0.5) is 0 Å². The molecule has 0 unspecified atom stereocenters. The van der Waals surface area contributed by atoms with Gasteiger partial charge < -0.3 is 0 Å². The van der Waals surface area contributed by atoms with Crippen LogP contribution in [0.5, 0.6) is 0 Å². The van der Waals surface area contributed by atoms with Crippen molar-refractivity contribution < 1.29 is 0 Å². The number of hydrogen-bond acceptors (Lipinski definition) is 0. The fourth-order valence-electron chi connectivity index (χ4n) is 1.99. The van der Waals surface area contributed by atoms with Crippen LogP contribution >= 0.6 is 0 Å². The molecule has 13 heavy (non-hydrogen) atoms. The molecule has 0 aromatic heterocycles. The van der Waals surface area contributed by atoms with Crippen molar-refractivity contribution in [3.63, 3.8) is 0 Å². The van der Waals surface area contributed by atoms with Crippen molar-refractivity contribution in [1.82, 2.24) is 0 Å². The van der Waals surface area contributed by atoms with Gasteiger partial charge in [-0.1, -0.05) is 36.9 Å². The second-order valence-corrected chi connectivity index (χ2v) is 3.72. The molecule has 66 valence electrons.